The molecule has 1 aliphatic heterocycles. The molecule has 1 heterocycles. The number of hydrogen-bond donors (Lipinski definition) is 1. The van der Waals surface area contributed by atoms with Crippen molar-refractivity contribution in [1.82, 2.24) is 0 Å². The zero-order valence-electron chi connectivity index (χ0n) is 13.3. The Balaban J connectivity index is 1.58. The van der Waals surface area contributed by atoms with Gasteiger partial charge in [-0.3, -0.25) is 4.79 Å². The van der Waals surface area contributed by atoms with Gasteiger partial charge in [0, 0.05) is 10.6 Å². The van der Waals surface area contributed by atoms with Gasteiger partial charge in [0.1, 0.15) is 4.38 Å². The van der Waals surface area contributed by atoms with Crippen molar-refractivity contribution in [2.45, 2.75) is 10.6 Å². The Bertz CT molecular complexity index is 845. The second kappa shape index (κ2) is 8.99. The number of nitriles is 1. The monoisotopic (exact) mass is 385 g/mol. The number of aliphatic imine (C=N–C) groups is 1. The van der Waals surface area contributed by atoms with Gasteiger partial charge in [0.25, 0.3) is 0 Å². The van der Waals surface area contributed by atoms with E-state index >= 15 is 0 Å². The molecule has 0 spiro atoms. The van der Waals surface area contributed by atoms with Gasteiger partial charge in [0.15, 0.2) is 0 Å². The number of carbonyl (C=O) groups is 1. The van der Waals surface area contributed by atoms with Gasteiger partial charge in [0.2, 0.25) is 5.91 Å². The standard InChI is InChI=1S/C18H15N3OS3/c19-9-10-23-16-8-4-3-7-15(16)20-17(22)12-25-18-21-14-6-2-1-5-13(14)11-24-18/h1-8H,10-12H2,(H,20,22). The van der Waals surface area contributed by atoms with E-state index in [4.69, 9.17) is 5.26 Å². The molecule has 2 aromatic carbocycles. The number of carbonyl (C=O) groups excluding carboxylic acids is 1. The van der Waals surface area contributed by atoms with Crippen molar-refractivity contribution < 1.29 is 4.79 Å². The van der Waals surface area contributed by atoms with Gasteiger partial charge >= 0.3 is 0 Å². The lowest BCUT2D eigenvalue weighted by atomic mass is 10.2. The Hall–Kier alpha value is -1.88. The Morgan fingerprint density at radius 2 is 2.00 bits per heavy atom. The Morgan fingerprint density at radius 1 is 1.20 bits per heavy atom. The zero-order valence-corrected chi connectivity index (χ0v) is 15.7. The van der Waals surface area contributed by atoms with E-state index in [0.29, 0.717) is 11.5 Å². The van der Waals surface area contributed by atoms with E-state index in [1.165, 1.54) is 29.1 Å². The van der Waals surface area contributed by atoms with Crippen LogP contribution in [0, 0.1) is 11.3 Å². The molecule has 1 amide bonds. The molecule has 1 aliphatic rings. The van der Waals surface area contributed by atoms with Crippen molar-refractivity contribution >= 4 is 56.9 Å². The highest BCUT2D eigenvalue weighted by molar-refractivity contribution is 8.38. The molecule has 4 nitrogen and oxygen atoms in total. The number of nitrogens with zero attached hydrogens (tertiary/aromatic N) is 2. The number of benzene rings is 2. The fourth-order valence-corrected chi connectivity index (χ4v) is 4.74. The molecule has 3 rings (SSSR count). The van der Waals surface area contributed by atoms with Gasteiger partial charge < -0.3 is 5.32 Å². The first-order valence-corrected chi connectivity index (χ1v) is 10.5. The summed E-state index contributed by atoms with van der Waals surface area (Å²) in [6.45, 7) is 0. The van der Waals surface area contributed by atoms with Crippen LogP contribution in [-0.4, -0.2) is 21.8 Å². The molecule has 126 valence electrons. The minimum atomic E-state index is -0.0721. The van der Waals surface area contributed by atoms with Crippen LogP contribution in [0.3, 0.4) is 0 Å². The molecule has 0 fully saturated rings. The lowest BCUT2D eigenvalue weighted by molar-refractivity contribution is -0.113. The first-order valence-electron chi connectivity index (χ1n) is 7.57. The molecule has 0 atom stereocenters. The highest BCUT2D eigenvalue weighted by Gasteiger charge is 2.14. The second-order valence-corrected chi connectivity index (χ2v) is 8.28. The molecule has 0 aromatic heterocycles. The summed E-state index contributed by atoms with van der Waals surface area (Å²) < 4.78 is 0.918. The van der Waals surface area contributed by atoms with E-state index in [1.807, 2.05) is 42.5 Å². The number of rotatable bonds is 5. The van der Waals surface area contributed by atoms with Crippen LogP contribution >= 0.6 is 35.3 Å². The molecule has 25 heavy (non-hydrogen) atoms. The lowest BCUT2D eigenvalue weighted by Gasteiger charge is -2.14. The fourth-order valence-electron chi connectivity index (χ4n) is 2.21. The van der Waals surface area contributed by atoms with Crippen molar-refractivity contribution in [1.29, 1.82) is 5.26 Å². The maximum Gasteiger partial charge on any atom is 0.234 e. The summed E-state index contributed by atoms with van der Waals surface area (Å²) in [4.78, 5) is 17.8. The van der Waals surface area contributed by atoms with Crippen LogP contribution < -0.4 is 5.32 Å². The van der Waals surface area contributed by atoms with E-state index in [9.17, 15) is 4.79 Å². The van der Waals surface area contributed by atoms with Crippen LogP contribution in [0.5, 0.6) is 0 Å². The van der Waals surface area contributed by atoms with E-state index in [1.54, 1.807) is 11.8 Å². The van der Waals surface area contributed by atoms with Crippen LogP contribution in [0.1, 0.15) is 5.56 Å². The summed E-state index contributed by atoms with van der Waals surface area (Å²) in [5.74, 6) is 1.48. The van der Waals surface area contributed by atoms with Gasteiger partial charge in [0.05, 0.1) is 28.9 Å². The molecule has 0 unspecified atom stereocenters. The van der Waals surface area contributed by atoms with Crippen molar-refractivity contribution in [3.63, 3.8) is 0 Å². The van der Waals surface area contributed by atoms with Gasteiger partial charge in [-0.25, -0.2) is 4.99 Å². The third-order valence-corrected chi connectivity index (χ3v) is 6.52. The molecular weight excluding hydrogens is 370 g/mol. The first kappa shape index (κ1) is 17.9. The van der Waals surface area contributed by atoms with Crippen LogP contribution in [0.4, 0.5) is 11.4 Å². The number of amides is 1. The summed E-state index contributed by atoms with van der Waals surface area (Å²) in [6.07, 6.45) is 0. The number of thioether (sulfide) groups is 3. The molecule has 0 saturated carbocycles. The Morgan fingerprint density at radius 3 is 2.88 bits per heavy atom. The third kappa shape index (κ3) is 5.05. The lowest BCUT2D eigenvalue weighted by Crippen LogP contribution is -2.15. The van der Waals surface area contributed by atoms with Gasteiger partial charge in [-0.05, 0) is 23.8 Å². The molecular formula is C18H15N3OS3. The van der Waals surface area contributed by atoms with E-state index in [0.717, 1.165) is 26.4 Å². The largest absolute Gasteiger partial charge is 0.324 e. The van der Waals surface area contributed by atoms with E-state index < -0.39 is 0 Å². The number of nitrogens with one attached hydrogen (secondary N) is 1. The van der Waals surface area contributed by atoms with Crippen LogP contribution in [-0.2, 0) is 10.5 Å². The van der Waals surface area contributed by atoms with Crippen LogP contribution in [0.2, 0.25) is 0 Å². The average Bonchev–Trinajstić information content (AvgIpc) is 2.65. The number of hydrogen-bond acceptors (Lipinski definition) is 6. The normalized spacial score (nSPS) is 12.7. The van der Waals surface area contributed by atoms with Crippen molar-refractivity contribution in [3.05, 3.63) is 54.1 Å². The van der Waals surface area contributed by atoms with Crippen molar-refractivity contribution in [2.24, 2.45) is 4.99 Å². The summed E-state index contributed by atoms with van der Waals surface area (Å²) >= 11 is 4.53. The number of fused-ring (bicyclic) bond motifs is 1. The minimum absolute atomic E-state index is 0.0721. The van der Waals surface area contributed by atoms with E-state index in [-0.39, 0.29) is 5.91 Å². The summed E-state index contributed by atoms with van der Waals surface area (Å²) in [5.41, 5.74) is 2.96. The van der Waals surface area contributed by atoms with Crippen LogP contribution in [0.25, 0.3) is 0 Å². The van der Waals surface area contributed by atoms with Crippen molar-refractivity contribution in [3.8, 4) is 6.07 Å². The quantitative estimate of drug-likeness (QED) is 0.741. The topological polar surface area (TPSA) is 65.2 Å². The summed E-state index contributed by atoms with van der Waals surface area (Å²) in [5, 5.41) is 11.6. The molecule has 0 saturated heterocycles. The van der Waals surface area contributed by atoms with Gasteiger partial charge in [-0.1, -0.05) is 53.9 Å². The highest BCUT2D eigenvalue weighted by Crippen LogP contribution is 2.34. The molecule has 0 aliphatic carbocycles. The van der Waals surface area contributed by atoms with E-state index in [2.05, 4.69) is 22.4 Å². The Kier molecular flexibility index (Phi) is 6.45. The predicted octanol–water partition coefficient (Wildman–Crippen LogP) is 4.91. The Labute approximate surface area is 159 Å². The zero-order chi connectivity index (χ0) is 17.5. The maximum atomic E-state index is 12.3. The SMILES string of the molecule is N#CCSc1ccccc1NC(=O)CSC1=Nc2ccccc2CS1. The third-order valence-electron chi connectivity index (χ3n) is 3.33. The van der Waals surface area contributed by atoms with Crippen LogP contribution in [0.15, 0.2) is 58.4 Å². The highest BCUT2D eigenvalue weighted by atomic mass is 32.2. The maximum absolute atomic E-state index is 12.3. The molecule has 0 bridgehead atoms. The molecule has 7 heteroatoms. The number of para-hydroxylation sites is 2. The average molecular weight is 386 g/mol. The minimum Gasteiger partial charge on any atom is -0.324 e. The summed E-state index contributed by atoms with van der Waals surface area (Å²) in [7, 11) is 0. The first-order chi connectivity index (χ1) is 12.3. The second-order valence-electron chi connectivity index (χ2n) is 5.07. The number of anilines is 1. The smallest absolute Gasteiger partial charge is 0.234 e. The summed E-state index contributed by atoms with van der Waals surface area (Å²) in [6, 6.07) is 17.7. The molecule has 2 aromatic rings. The molecule has 1 N–H and O–H groups in total. The molecule has 0 radical (unpaired) electrons. The van der Waals surface area contributed by atoms with Gasteiger partial charge in [-0.15, -0.1) is 11.8 Å². The van der Waals surface area contributed by atoms with Crippen molar-refractivity contribution in [2.75, 3.05) is 16.8 Å². The fraction of sp³-hybridized carbons (Fsp3) is 0.167. The van der Waals surface area contributed by atoms with Gasteiger partial charge in [-0.2, -0.15) is 5.26 Å². The predicted molar refractivity (Wildman–Crippen MR) is 109 cm³/mol.